The summed E-state index contributed by atoms with van der Waals surface area (Å²) in [5, 5.41) is 10.1. The van der Waals surface area contributed by atoms with Crippen molar-refractivity contribution in [3.8, 4) is 38.4 Å². The van der Waals surface area contributed by atoms with Gasteiger partial charge in [-0.15, -0.1) is 11.3 Å². The Labute approximate surface area is 255 Å². The average Bonchev–Trinajstić information content (AvgIpc) is 3.63. The number of nitrogens with one attached hydrogen (secondary N) is 2. The van der Waals surface area contributed by atoms with Crippen molar-refractivity contribution in [3.05, 3.63) is 82.7 Å². The first-order chi connectivity index (χ1) is 20.4. The van der Waals surface area contributed by atoms with E-state index in [1.807, 2.05) is 41.8 Å². The van der Waals surface area contributed by atoms with Gasteiger partial charge in [-0.25, -0.2) is 9.97 Å². The molecule has 42 heavy (non-hydrogen) atoms. The molecule has 5 rings (SSSR count). The van der Waals surface area contributed by atoms with Crippen LogP contribution in [0.15, 0.2) is 72.1 Å². The van der Waals surface area contributed by atoms with Gasteiger partial charge in [0.15, 0.2) is 16.6 Å². The number of nitrogen functional groups attached to an aromatic ring is 1. The van der Waals surface area contributed by atoms with Gasteiger partial charge in [-0.05, 0) is 35.9 Å². The van der Waals surface area contributed by atoms with E-state index in [0.717, 1.165) is 26.7 Å². The second kappa shape index (κ2) is 12.9. The molecular formula is C30H26ClN5O4S2. The number of aromatic nitrogens is 2. The molecule has 0 aliphatic heterocycles. The Morgan fingerprint density at radius 2 is 1.69 bits per heavy atom. The molecule has 3 aromatic carbocycles. The minimum absolute atomic E-state index is 0.245. The Hall–Kier alpha value is -4.58. The lowest BCUT2D eigenvalue weighted by Gasteiger charge is -2.14. The van der Waals surface area contributed by atoms with Gasteiger partial charge in [0.25, 0.3) is 0 Å². The molecule has 0 spiro atoms. The molecule has 0 fully saturated rings. The quantitative estimate of drug-likeness (QED) is 0.137. The SMILES string of the molecule is COc1cc(Nc2nc(N)c(-c3nc(-c4cccc(NC(=O)C=Cc5ccc(Cl)cc5)c4)cs3)s2)cc(OC)c1OC. The minimum Gasteiger partial charge on any atom is -0.493 e. The van der Waals surface area contributed by atoms with Crippen molar-refractivity contribution in [3.63, 3.8) is 0 Å². The second-order valence-corrected chi connectivity index (χ2v) is 11.1. The Morgan fingerprint density at radius 1 is 0.952 bits per heavy atom. The first-order valence-electron chi connectivity index (χ1n) is 12.5. The standard InChI is InChI=1S/C30H26ClN5O4S2/c1-38-23-14-21(15-24(39-2)26(23)40-3)34-30-36-28(32)27(42-30)29-35-22(16-41-29)18-5-4-6-20(13-18)33-25(37)12-9-17-7-10-19(31)11-8-17/h4-16H,32H2,1-3H3,(H,33,37)(H,34,36). The van der Waals surface area contributed by atoms with Crippen molar-refractivity contribution in [1.29, 1.82) is 0 Å². The number of halogens is 1. The highest BCUT2D eigenvalue weighted by molar-refractivity contribution is 7.23. The fourth-order valence-corrected chi connectivity index (χ4v) is 5.97. The van der Waals surface area contributed by atoms with E-state index < -0.39 is 0 Å². The lowest BCUT2D eigenvalue weighted by atomic mass is 10.1. The number of thiazole rings is 2. The zero-order chi connectivity index (χ0) is 29.6. The first-order valence-corrected chi connectivity index (χ1v) is 14.6. The van der Waals surface area contributed by atoms with Gasteiger partial charge in [-0.1, -0.05) is 47.2 Å². The number of benzene rings is 3. The second-order valence-electron chi connectivity index (χ2n) is 8.77. The van der Waals surface area contributed by atoms with E-state index in [2.05, 4.69) is 15.6 Å². The molecule has 0 bridgehead atoms. The molecule has 0 atom stereocenters. The maximum absolute atomic E-state index is 12.5. The predicted molar refractivity (Wildman–Crippen MR) is 172 cm³/mol. The highest BCUT2D eigenvalue weighted by Crippen LogP contribution is 2.43. The topological polar surface area (TPSA) is 121 Å². The molecular weight excluding hydrogens is 594 g/mol. The third-order valence-corrected chi connectivity index (χ3v) is 8.23. The Bertz CT molecular complexity index is 1730. The number of rotatable bonds is 10. The van der Waals surface area contributed by atoms with Gasteiger partial charge in [0.1, 0.15) is 15.7 Å². The zero-order valence-electron chi connectivity index (χ0n) is 22.8. The van der Waals surface area contributed by atoms with E-state index in [0.29, 0.717) is 44.6 Å². The van der Waals surface area contributed by atoms with E-state index >= 15 is 0 Å². The van der Waals surface area contributed by atoms with Crippen LogP contribution in [0.1, 0.15) is 5.56 Å². The van der Waals surface area contributed by atoms with Gasteiger partial charge in [0.05, 0.1) is 27.0 Å². The molecule has 0 unspecified atom stereocenters. The van der Waals surface area contributed by atoms with Gasteiger partial charge >= 0.3 is 0 Å². The van der Waals surface area contributed by atoms with E-state index in [4.69, 9.17) is 36.5 Å². The number of hydrogen-bond donors (Lipinski definition) is 3. The molecule has 1 amide bonds. The molecule has 9 nitrogen and oxygen atoms in total. The van der Waals surface area contributed by atoms with Crippen molar-refractivity contribution in [2.75, 3.05) is 37.7 Å². The van der Waals surface area contributed by atoms with E-state index in [1.165, 1.54) is 28.7 Å². The molecule has 2 heterocycles. The molecule has 0 saturated carbocycles. The smallest absolute Gasteiger partial charge is 0.248 e. The number of amides is 1. The van der Waals surface area contributed by atoms with Crippen molar-refractivity contribution in [2.24, 2.45) is 0 Å². The highest BCUT2D eigenvalue weighted by atomic mass is 35.5. The third kappa shape index (κ3) is 6.65. The summed E-state index contributed by atoms with van der Waals surface area (Å²) in [6.45, 7) is 0. The number of hydrogen-bond acceptors (Lipinski definition) is 10. The first kappa shape index (κ1) is 28.9. The van der Waals surface area contributed by atoms with Gasteiger partial charge in [-0.2, -0.15) is 0 Å². The number of anilines is 4. The number of nitrogens with zero attached hydrogens (tertiary/aromatic N) is 2. The summed E-state index contributed by atoms with van der Waals surface area (Å²) in [6.07, 6.45) is 3.21. The molecule has 0 aliphatic rings. The number of carbonyl (C=O) groups excluding carboxylic acids is 1. The molecule has 0 aliphatic carbocycles. The van der Waals surface area contributed by atoms with Gasteiger partial charge < -0.3 is 30.6 Å². The average molecular weight is 620 g/mol. The van der Waals surface area contributed by atoms with Crippen LogP contribution in [0.25, 0.3) is 27.2 Å². The van der Waals surface area contributed by atoms with Crippen LogP contribution >= 0.6 is 34.3 Å². The largest absolute Gasteiger partial charge is 0.493 e. The monoisotopic (exact) mass is 619 g/mol. The van der Waals surface area contributed by atoms with Crippen LogP contribution in [-0.4, -0.2) is 37.2 Å². The fraction of sp³-hybridized carbons (Fsp3) is 0.100. The lowest BCUT2D eigenvalue weighted by molar-refractivity contribution is -0.111. The van der Waals surface area contributed by atoms with Crippen LogP contribution in [0.4, 0.5) is 22.3 Å². The van der Waals surface area contributed by atoms with Crippen LogP contribution in [0.3, 0.4) is 0 Å². The summed E-state index contributed by atoms with van der Waals surface area (Å²) < 4.78 is 16.3. The zero-order valence-corrected chi connectivity index (χ0v) is 25.2. The summed E-state index contributed by atoms with van der Waals surface area (Å²) >= 11 is 8.77. The predicted octanol–water partition coefficient (Wildman–Crippen LogP) is 7.59. The molecule has 214 valence electrons. The minimum atomic E-state index is -0.245. The van der Waals surface area contributed by atoms with Crippen LogP contribution in [0.5, 0.6) is 17.2 Å². The molecule has 4 N–H and O–H groups in total. The van der Waals surface area contributed by atoms with Crippen molar-refractivity contribution < 1.29 is 19.0 Å². The Morgan fingerprint density at radius 3 is 2.38 bits per heavy atom. The number of ether oxygens (including phenoxy) is 3. The third-order valence-electron chi connectivity index (χ3n) is 5.99. The van der Waals surface area contributed by atoms with Crippen molar-refractivity contribution in [1.82, 2.24) is 9.97 Å². The maximum atomic E-state index is 12.5. The van der Waals surface area contributed by atoms with Crippen LogP contribution in [0.2, 0.25) is 5.02 Å². The summed E-state index contributed by atoms with van der Waals surface area (Å²) in [5.41, 5.74) is 10.1. The number of methoxy groups -OCH3 is 3. The van der Waals surface area contributed by atoms with Crippen molar-refractivity contribution >= 4 is 68.6 Å². The number of carbonyl (C=O) groups is 1. The Balaban J connectivity index is 1.30. The van der Waals surface area contributed by atoms with Crippen LogP contribution in [0, 0.1) is 0 Å². The normalized spacial score (nSPS) is 11.0. The van der Waals surface area contributed by atoms with E-state index in [9.17, 15) is 4.79 Å². The lowest BCUT2D eigenvalue weighted by Crippen LogP contribution is -2.07. The summed E-state index contributed by atoms with van der Waals surface area (Å²) in [6, 6.07) is 18.3. The summed E-state index contributed by atoms with van der Waals surface area (Å²) in [5.74, 6) is 1.66. The fourth-order valence-electron chi connectivity index (χ4n) is 4.01. The molecule has 0 saturated heterocycles. The van der Waals surface area contributed by atoms with Crippen LogP contribution < -0.4 is 30.6 Å². The van der Waals surface area contributed by atoms with E-state index in [1.54, 1.807) is 51.7 Å². The highest BCUT2D eigenvalue weighted by Gasteiger charge is 2.18. The van der Waals surface area contributed by atoms with Gasteiger partial charge in [0, 0.05) is 45.5 Å². The molecule has 5 aromatic rings. The molecule has 12 heteroatoms. The number of nitrogens with two attached hydrogens (primary N) is 1. The van der Waals surface area contributed by atoms with Gasteiger partial charge in [0.2, 0.25) is 11.7 Å². The summed E-state index contributed by atoms with van der Waals surface area (Å²) in [4.78, 5) is 22.5. The van der Waals surface area contributed by atoms with Crippen molar-refractivity contribution in [2.45, 2.75) is 0 Å². The summed E-state index contributed by atoms with van der Waals surface area (Å²) in [7, 11) is 4.67. The van der Waals surface area contributed by atoms with E-state index in [-0.39, 0.29) is 5.91 Å². The van der Waals surface area contributed by atoms with Gasteiger partial charge in [-0.3, -0.25) is 4.79 Å². The molecule has 2 aromatic heterocycles. The maximum Gasteiger partial charge on any atom is 0.248 e. The molecule has 0 radical (unpaired) electrons. The Kier molecular flexibility index (Phi) is 8.91. The van der Waals surface area contributed by atoms with Crippen LogP contribution in [-0.2, 0) is 4.79 Å².